The fourth-order valence-corrected chi connectivity index (χ4v) is 2.23. The van der Waals surface area contributed by atoms with Gasteiger partial charge >= 0.3 is 0 Å². The highest BCUT2D eigenvalue weighted by Crippen LogP contribution is 2.37. The molecule has 0 heterocycles. The van der Waals surface area contributed by atoms with E-state index in [0.29, 0.717) is 22.8 Å². The van der Waals surface area contributed by atoms with Crippen LogP contribution >= 0.6 is 0 Å². The van der Waals surface area contributed by atoms with Crippen molar-refractivity contribution in [2.75, 3.05) is 21.3 Å². The zero-order valence-electron chi connectivity index (χ0n) is 15.3. The van der Waals surface area contributed by atoms with Gasteiger partial charge in [-0.15, -0.1) is 0 Å². The van der Waals surface area contributed by atoms with Crippen LogP contribution in [0.1, 0.15) is 16.7 Å². The van der Waals surface area contributed by atoms with Gasteiger partial charge < -0.3 is 14.2 Å². The van der Waals surface area contributed by atoms with Crippen LogP contribution in [0.5, 0.6) is 17.2 Å². The highest BCUT2D eigenvalue weighted by Gasteiger charge is 2.12. The highest BCUT2D eigenvalue weighted by atomic mass is 16.5. The predicted octanol–water partition coefficient (Wildman–Crippen LogP) is 3.18. The lowest BCUT2D eigenvalue weighted by molar-refractivity contribution is -0.116. The van der Waals surface area contributed by atoms with Crippen molar-refractivity contribution in [1.82, 2.24) is 5.43 Å². The van der Waals surface area contributed by atoms with Crippen LogP contribution in [0.25, 0.3) is 6.08 Å². The summed E-state index contributed by atoms with van der Waals surface area (Å²) in [6.45, 7) is 2.01. The molecule has 6 heteroatoms. The van der Waals surface area contributed by atoms with E-state index in [1.54, 1.807) is 18.2 Å². The lowest BCUT2D eigenvalue weighted by Crippen LogP contribution is -2.14. The van der Waals surface area contributed by atoms with Crippen molar-refractivity contribution in [3.05, 3.63) is 59.2 Å². The number of rotatable bonds is 7. The topological polar surface area (TPSA) is 69.2 Å². The third-order valence-electron chi connectivity index (χ3n) is 3.58. The van der Waals surface area contributed by atoms with E-state index >= 15 is 0 Å². The molecule has 0 aliphatic rings. The Balaban J connectivity index is 2.03. The molecule has 0 saturated heterocycles. The molecular formula is C20H22N2O4. The lowest BCUT2D eigenvalue weighted by Gasteiger charge is -2.12. The minimum absolute atomic E-state index is 0.325. The fraction of sp³-hybridized carbons (Fsp3) is 0.200. The first-order valence-electron chi connectivity index (χ1n) is 7.95. The molecule has 6 nitrogen and oxygen atoms in total. The number of nitrogens with one attached hydrogen (secondary N) is 1. The van der Waals surface area contributed by atoms with E-state index in [0.717, 1.165) is 5.56 Å². The molecule has 0 saturated carbocycles. The number of carbonyl (C=O) groups is 1. The van der Waals surface area contributed by atoms with Crippen LogP contribution in [-0.2, 0) is 4.79 Å². The summed E-state index contributed by atoms with van der Waals surface area (Å²) in [5.74, 6) is 1.20. The zero-order valence-corrected chi connectivity index (χ0v) is 15.3. The molecule has 2 rings (SSSR count). The molecule has 0 fully saturated rings. The van der Waals surface area contributed by atoms with Crippen LogP contribution in [0.4, 0.5) is 0 Å². The average molecular weight is 354 g/mol. The van der Waals surface area contributed by atoms with Gasteiger partial charge in [0.25, 0.3) is 5.91 Å². The van der Waals surface area contributed by atoms with Crippen molar-refractivity contribution >= 4 is 18.2 Å². The summed E-state index contributed by atoms with van der Waals surface area (Å²) in [5, 5.41) is 3.95. The Labute approximate surface area is 153 Å². The molecule has 1 N–H and O–H groups in total. The molecule has 136 valence electrons. The van der Waals surface area contributed by atoms with Crippen molar-refractivity contribution in [2.45, 2.75) is 6.92 Å². The first-order valence-corrected chi connectivity index (χ1v) is 7.95. The largest absolute Gasteiger partial charge is 0.493 e. The molecule has 0 aromatic heterocycles. The molecule has 0 bridgehead atoms. The van der Waals surface area contributed by atoms with Crippen LogP contribution in [0.15, 0.2) is 47.6 Å². The van der Waals surface area contributed by atoms with E-state index in [1.807, 2.05) is 31.2 Å². The second-order valence-corrected chi connectivity index (χ2v) is 5.44. The maximum absolute atomic E-state index is 11.8. The molecule has 2 aromatic rings. The van der Waals surface area contributed by atoms with Gasteiger partial charge in [0.05, 0.1) is 27.5 Å². The second kappa shape index (κ2) is 9.27. The van der Waals surface area contributed by atoms with Crippen molar-refractivity contribution in [3.8, 4) is 17.2 Å². The van der Waals surface area contributed by atoms with E-state index in [1.165, 1.54) is 39.2 Å². The van der Waals surface area contributed by atoms with Crippen LogP contribution in [-0.4, -0.2) is 33.5 Å². The minimum Gasteiger partial charge on any atom is -0.493 e. The SMILES string of the molecule is COc1cc(/C=N\NC(=O)/C=C/c2ccc(C)cc2)cc(OC)c1OC. The van der Waals surface area contributed by atoms with Gasteiger partial charge in [-0.1, -0.05) is 29.8 Å². The third kappa shape index (κ3) is 5.11. The number of aryl methyl sites for hydroxylation is 1. The van der Waals surface area contributed by atoms with Gasteiger partial charge in [-0.2, -0.15) is 5.10 Å². The average Bonchev–Trinajstić information content (AvgIpc) is 2.66. The van der Waals surface area contributed by atoms with Crippen molar-refractivity contribution < 1.29 is 19.0 Å². The molecule has 26 heavy (non-hydrogen) atoms. The predicted molar refractivity (Wildman–Crippen MR) is 102 cm³/mol. The smallest absolute Gasteiger partial charge is 0.264 e. The van der Waals surface area contributed by atoms with Crippen molar-refractivity contribution in [1.29, 1.82) is 0 Å². The van der Waals surface area contributed by atoms with E-state index in [-0.39, 0.29) is 5.91 Å². The van der Waals surface area contributed by atoms with Gasteiger partial charge in [-0.25, -0.2) is 5.43 Å². The second-order valence-electron chi connectivity index (χ2n) is 5.44. The Hall–Kier alpha value is -3.28. The summed E-state index contributed by atoms with van der Waals surface area (Å²) in [7, 11) is 4.61. The molecule has 0 unspecified atom stereocenters. The standard InChI is InChI=1S/C20H22N2O4/c1-14-5-7-15(8-6-14)9-10-19(23)22-21-13-16-11-17(24-2)20(26-4)18(12-16)25-3/h5-13H,1-4H3,(H,22,23)/b10-9+,21-13-. The summed E-state index contributed by atoms with van der Waals surface area (Å²) in [4.78, 5) is 11.8. The van der Waals surface area contributed by atoms with E-state index in [4.69, 9.17) is 14.2 Å². The Morgan fingerprint density at radius 3 is 2.12 bits per heavy atom. The first-order chi connectivity index (χ1) is 12.6. The molecule has 2 aromatic carbocycles. The van der Waals surface area contributed by atoms with E-state index in [9.17, 15) is 4.79 Å². The first kappa shape index (κ1) is 19.1. The number of nitrogens with zero attached hydrogens (tertiary/aromatic N) is 1. The van der Waals surface area contributed by atoms with E-state index in [2.05, 4.69) is 10.5 Å². The molecular weight excluding hydrogens is 332 g/mol. The monoisotopic (exact) mass is 354 g/mol. The van der Waals surface area contributed by atoms with Crippen LogP contribution in [0.3, 0.4) is 0 Å². The number of ether oxygens (including phenoxy) is 3. The third-order valence-corrected chi connectivity index (χ3v) is 3.58. The zero-order chi connectivity index (χ0) is 18.9. The number of benzene rings is 2. The van der Waals surface area contributed by atoms with Gasteiger partial charge in [0.15, 0.2) is 11.5 Å². The van der Waals surface area contributed by atoms with Crippen molar-refractivity contribution in [3.63, 3.8) is 0 Å². The van der Waals surface area contributed by atoms with E-state index < -0.39 is 0 Å². The maximum Gasteiger partial charge on any atom is 0.264 e. The van der Waals surface area contributed by atoms with Gasteiger partial charge in [0, 0.05) is 11.6 Å². The summed E-state index contributed by atoms with van der Waals surface area (Å²) < 4.78 is 15.8. The number of methoxy groups -OCH3 is 3. The van der Waals surface area contributed by atoms with Crippen LogP contribution < -0.4 is 19.6 Å². The van der Waals surface area contributed by atoms with Crippen molar-refractivity contribution in [2.24, 2.45) is 5.10 Å². The minimum atomic E-state index is -0.325. The Kier molecular flexibility index (Phi) is 6.79. The number of carbonyl (C=O) groups excluding carboxylic acids is 1. The molecule has 0 aliphatic carbocycles. The number of hydrogen-bond donors (Lipinski definition) is 1. The van der Waals surface area contributed by atoms with Gasteiger partial charge in [0.2, 0.25) is 5.75 Å². The lowest BCUT2D eigenvalue weighted by atomic mass is 10.1. The van der Waals surface area contributed by atoms with Gasteiger partial charge in [-0.3, -0.25) is 4.79 Å². The normalized spacial score (nSPS) is 10.9. The molecule has 0 radical (unpaired) electrons. The summed E-state index contributed by atoms with van der Waals surface area (Å²) in [5.41, 5.74) is 5.26. The Bertz CT molecular complexity index is 786. The summed E-state index contributed by atoms with van der Waals surface area (Å²) in [6, 6.07) is 11.3. The van der Waals surface area contributed by atoms with Gasteiger partial charge in [0.1, 0.15) is 0 Å². The Morgan fingerprint density at radius 2 is 1.58 bits per heavy atom. The molecule has 0 atom stereocenters. The van der Waals surface area contributed by atoms with Crippen LogP contribution in [0.2, 0.25) is 0 Å². The highest BCUT2D eigenvalue weighted by molar-refractivity contribution is 5.92. The molecule has 0 spiro atoms. The molecule has 1 amide bonds. The summed E-state index contributed by atoms with van der Waals surface area (Å²) >= 11 is 0. The number of amides is 1. The Morgan fingerprint density at radius 1 is 0.962 bits per heavy atom. The number of hydrazone groups is 1. The van der Waals surface area contributed by atoms with Crippen LogP contribution in [0, 0.1) is 6.92 Å². The summed E-state index contributed by atoms with van der Waals surface area (Å²) in [6.07, 6.45) is 4.66. The quantitative estimate of drug-likeness (QED) is 0.471. The molecule has 0 aliphatic heterocycles. The fourth-order valence-electron chi connectivity index (χ4n) is 2.23. The van der Waals surface area contributed by atoms with Gasteiger partial charge in [-0.05, 0) is 30.7 Å². The number of hydrogen-bond acceptors (Lipinski definition) is 5. The maximum atomic E-state index is 11.8.